The van der Waals surface area contributed by atoms with Crippen molar-refractivity contribution in [1.82, 2.24) is 10.2 Å². The van der Waals surface area contributed by atoms with E-state index in [1.807, 2.05) is 27.7 Å². The highest BCUT2D eigenvalue weighted by Gasteiger charge is 2.52. The number of sulfone groups is 1. The van der Waals surface area contributed by atoms with Gasteiger partial charge in [-0.15, -0.1) is 0 Å². The number of nitrogens with zero attached hydrogens (tertiary/aromatic N) is 1. The first-order valence-corrected chi connectivity index (χ1v) is 11.8. The van der Waals surface area contributed by atoms with Crippen LogP contribution in [-0.2, 0) is 24.2 Å². The first-order valence-electron chi connectivity index (χ1n) is 9.86. The molecule has 2 aliphatic rings. The topological polar surface area (TPSA) is 110 Å². The first kappa shape index (κ1) is 22.4. The van der Waals surface area contributed by atoms with E-state index in [0.717, 1.165) is 6.26 Å². The number of hydrogen-bond acceptors (Lipinski definition) is 6. The lowest BCUT2D eigenvalue weighted by atomic mass is 9.85. The van der Waals surface area contributed by atoms with Crippen molar-refractivity contribution in [2.75, 3.05) is 19.4 Å². The molecule has 2 saturated heterocycles. The van der Waals surface area contributed by atoms with Crippen molar-refractivity contribution in [2.24, 2.45) is 11.3 Å². The molecule has 2 fully saturated rings. The molecule has 8 nitrogen and oxygen atoms in total. The van der Waals surface area contributed by atoms with Crippen LogP contribution in [0.1, 0.15) is 38.1 Å². The summed E-state index contributed by atoms with van der Waals surface area (Å²) in [5.41, 5.74) is -0.360. The minimum atomic E-state index is -3.37. The van der Waals surface area contributed by atoms with E-state index in [1.165, 1.54) is 29.2 Å². The van der Waals surface area contributed by atoms with Gasteiger partial charge in [-0.3, -0.25) is 14.4 Å². The number of hydrogen-bond donors (Lipinski definition) is 1. The average molecular weight is 437 g/mol. The highest BCUT2D eigenvalue weighted by Crippen LogP contribution is 2.33. The number of carbonyl (C=O) groups is 3. The highest BCUT2D eigenvalue weighted by atomic mass is 32.2. The molecular weight excluding hydrogens is 408 g/mol. The molecule has 3 rings (SSSR count). The Labute approximate surface area is 176 Å². The second-order valence-corrected chi connectivity index (χ2v) is 11.2. The number of Topliss-reactive ketones (excluding diaryl/α,β-unsaturated/α-hetero) is 1. The zero-order valence-electron chi connectivity index (χ0n) is 17.8. The predicted molar refractivity (Wildman–Crippen MR) is 110 cm³/mol. The van der Waals surface area contributed by atoms with E-state index in [4.69, 9.17) is 4.74 Å². The maximum absolute atomic E-state index is 13.4. The lowest BCUT2D eigenvalue weighted by Crippen LogP contribution is -2.57. The molecule has 0 radical (unpaired) electrons. The van der Waals surface area contributed by atoms with E-state index in [2.05, 4.69) is 5.32 Å². The molecule has 1 N–H and O–H groups in total. The van der Waals surface area contributed by atoms with Gasteiger partial charge in [0.25, 0.3) is 5.91 Å². The summed E-state index contributed by atoms with van der Waals surface area (Å²) in [7, 11) is -3.37. The molecular formula is C21H28N2O6S. The summed E-state index contributed by atoms with van der Waals surface area (Å²) >= 11 is 0. The number of rotatable bonds is 4. The van der Waals surface area contributed by atoms with E-state index >= 15 is 0 Å². The molecule has 2 aliphatic heterocycles. The molecule has 0 spiro atoms. The fourth-order valence-corrected chi connectivity index (χ4v) is 4.63. The monoisotopic (exact) mass is 436 g/mol. The van der Waals surface area contributed by atoms with E-state index in [9.17, 15) is 22.8 Å². The Morgan fingerprint density at radius 3 is 2.33 bits per heavy atom. The van der Waals surface area contributed by atoms with Crippen molar-refractivity contribution in [1.29, 1.82) is 0 Å². The van der Waals surface area contributed by atoms with E-state index in [1.54, 1.807) is 0 Å². The fourth-order valence-electron chi connectivity index (χ4n) is 4.00. The molecule has 0 unspecified atom stereocenters. The Balaban J connectivity index is 1.82. The molecule has 4 atom stereocenters. The van der Waals surface area contributed by atoms with E-state index < -0.39 is 33.2 Å². The summed E-state index contributed by atoms with van der Waals surface area (Å²) in [5, 5.41) is 2.79. The van der Waals surface area contributed by atoms with Crippen molar-refractivity contribution in [3.63, 3.8) is 0 Å². The average Bonchev–Trinajstić information content (AvgIpc) is 3.18. The van der Waals surface area contributed by atoms with Crippen molar-refractivity contribution in [3.05, 3.63) is 29.8 Å². The van der Waals surface area contributed by atoms with Gasteiger partial charge in [0.05, 0.1) is 11.0 Å². The fraction of sp³-hybridized carbons (Fsp3) is 0.571. The standard InChI is InChI=1S/C21H28N2O6S/c1-12-10-23(16-15(24)11-29-17(12)16)20(26)18(21(2,3)4)22-19(25)13-6-8-14(9-7-13)30(5,27)28/h6-9,12,16-18H,10-11H2,1-5H3,(H,22,25)/t12-,16+,17+,18+/m0/s1. The summed E-state index contributed by atoms with van der Waals surface area (Å²) in [6, 6.07) is 4.08. The number of amides is 2. The minimum absolute atomic E-state index is 0.00266. The van der Waals surface area contributed by atoms with Gasteiger partial charge in [0.2, 0.25) is 5.91 Å². The maximum atomic E-state index is 13.4. The second kappa shape index (κ2) is 7.77. The number of ether oxygens (including phenoxy) is 1. The molecule has 2 amide bonds. The molecule has 9 heteroatoms. The van der Waals surface area contributed by atoms with Gasteiger partial charge in [-0.25, -0.2) is 8.42 Å². The van der Waals surface area contributed by atoms with Crippen LogP contribution in [-0.4, -0.2) is 68.5 Å². The van der Waals surface area contributed by atoms with Crippen molar-refractivity contribution < 1.29 is 27.5 Å². The summed E-state index contributed by atoms with van der Waals surface area (Å²) in [4.78, 5) is 40.2. The summed E-state index contributed by atoms with van der Waals surface area (Å²) < 4.78 is 28.8. The number of ketones is 1. The molecule has 0 aliphatic carbocycles. The Bertz CT molecular complexity index is 964. The zero-order valence-corrected chi connectivity index (χ0v) is 18.7. The molecule has 0 saturated carbocycles. The normalized spacial score (nSPS) is 25.2. The molecule has 0 bridgehead atoms. The van der Waals surface area contributed by atoms with Crippen LogP contribution in [0.3, 0.4) is 0 Å². The number of carbonyl (C=O) groups excluding carboxylic acids is 3. The highest BCUT2D eigenvalue weighted by molar-refractivity contribution is 7.90. The maximum Gasteiger partial charge on any atom is 0.251 e. The molecule has 1 aromatic carbocycles. The summed E-state index contributed by atoms with van der Waals surface area (Å²) in [6.07, 6.45) is 0.788. The minimum Gasteiger partial charge on any atom is -0.367 e. The van der Waals surface area contributed by atoms with Crippen LogP contribution in [0.2, 0.25) is 0 Å². The van der Waals surface area contributed by atoms with Crippen LogP contribution < -0.4 is 5.32 Å². The van der Waals surface area contributed by atoms with E-state index in [-0.39, 0.29) is 40.8 Å². The van der Waals surface area contributed by atoms with Gasteiger partial charge in [-0.1, -0.05) is 27.7 Å². The number of likely N-dealkylation sites (tertiary alicyclic amines) is 1. The molecule has 2 heterocycles. The predicted octanol–water partition coefficient (Wildman–Crippen LogP) is 1.05. The van der Waals surface area contributed by atoms with Gasteiger partial charge < -0.3 is 15.0 Å². The quantitative estimate of drug-likeness (QED) is 0.756. The SMILES string of the molecule is C[C@H]1CN(C(=O)[C@@H](NC(=O)c2ccc(S(C)(=O)=O)cc2)C(C)(C)C)[C@@H]2C(=O)CO[C@@H]21. The van der Waals surface area contributed by atoms with Gasteiger partial charge in [-0.05, 0) is 29.7 Å². The zero-order chi connectivity index (χ0) is 22.4. The van der Waals surface area contributed by atoms with Crippen LogP contribution in [0.25, 0.3) is 0 Å². The van der Waals surface area contributed by atoms with E-state index in [0.29, 0.717) is 6.54 Å². The van der Waals surface area contributed by atoms with Crippen molar-refractivity contribution in [3.8, 4) is 0 Å². The Kier molecular flexibility index (Phi) is 5.81. The third kappa shape index (κ3) is 4.27. The number of nitrogens with one attached hydrogen (secondary N) is 1. The Morgan fingerprint density at radius 2 is 1.80 bits per heavy atom. The van der Waals surface area contributed by atoms with Crippen molar-refractivity contribution in [2.45, 2.75) is 50.8 Å². The third-order valence-electron chi connectivity index (χ3n) is 5.66. The van der Waals surface area contributed by atoms with Crippen LogP contribution in [0.5, 0.6) is 0 Å². The third-order valence-corrected chi connectivity index (χ3v) is 6.79. The Hall–Kier alpha value is -2.26. The number of benzene rings is 1. The summed E-state index contributed by atoms with van der Waals surface area (Å²) in [5.74, 6) is -0.888. The Morgan fingerprint density at radius 1 is 1.20 bits per heavy atom. The van der Waals surface area contributed by atoms with Gasteiger partial charge in [-0.2, -0.15) is 0 Å². The molecule has 30 heavy (non-hydrogen) atoms. The lowest BCUT2D eigenvalue weighted by molar-refractivity contribution is -0.140. The van der Waals surface area contributed by atoms with Crippen LogP contribution in [0.15, 0.2) is 29.2 Å². The smallest absolute Gasteiger partial charge is 0.251 e. The van der Waals surface area contributed by atoms with Crippen molar-refractivity contribution >= 4 is 27.4 Å². The van der Waals surface area contributed by atoms with Crippen LogP contribution in [0, 0.1) is 11.3 Å². The van der Waals surface area contributed by atoms with Gasteiger partial charge in [0, 0.05) is 24.3 Å². The van der Waals surface area contributed by atoms with Gasteiger partial charge >= 0.3 is 0 Å². The largest absolute Gasteiger partial charge is 0.367 e. The molecule has 164 valence electrons. The lowest BCUT2D eigenvalue weighted by Gasteiger charge is -2.35. The van der Waals surface area contributed by atoms with Gasteiger partial charge in [0.1, 0.15) is 18.7 Å². The molecule has 0 aromatic heterocycles. The van der Waals surface area contributed by atoms with Crippen LogP contribution >= 0.6 is 0 Å². The second-order valence-electron chi connectivity index (χ2n) is 9.22. The first-order chi connectivity index (χ1) is 13.8. The summed E-state index contributed by atoms with van der Waals surface area (Å²) in [6.45, 7) is 7.86. The number of fused-ring (bicyclic) bond motifs is 1. The van der Waals surface area contributed by atoms with Crippen LogP contribution in [0.4, 0.5) is 0 Å². The van der Waals surface area contributed by atoms with Gasteiger partial charge in [0.15, 0.2) is 15.6 Å². The molecule has 1 aromatic rings.